The van der Waals surface area contributed by atoms with Crippen LogP contribution in [0.4, 0.5) is 0 Å². The summed E-state index contributed by atoms with van der Waals surface area (Å²) >= 11 is 1.37. The van der Waals surface area contributed by atoms with Crippen LogP contribution in [0, 0.1) is 5.41 Å². The van der Waals surface area contributed by atoms with E-state index in [0.29, 0.717) is 11.7 Å². The van der Waals surface area contributed by atoms with E-state index in [9.17, 15) is 8.42 Å². The normalized spacial score (nSPS) is 27.6. The highest BCUT2D eigenvalue weighted by Gasteiger charge is 2.48. The second-order valence-electron chi connectivity index (χ2n) is 5.05. The van der Waals surface area contributed by atoms with Gasteiger partial charge in [-0.25, -0.2) is 8.42 Å². The molecule has 0 spiro atoms. The van der Waals surface area contributed by atoms with Gasteiger partial charge in [-0.15, -0.1) is 0 Å². The molecule has 1 N–H and O–H groups in total. The quantitative estimate of drug-likeness (QED) is 0.912. The van der Waals surface area contributed by atoms with Gasteiger partial charge in [0.1, 0.15) is 5.75 Å². The van der Waals surface area contributed by atoms with Crippen molar-refractivity contribution in [2.24, 2.45) is 0 Å². The molecule has 0 saturated carbocycles. The van der Waals surface area contributed by atoms with Gasteiger partial charge in [-0.05, 0) is 6.07 Å². The molecular weight excluding hydrogens is 296 g/mol. The Labute approximate surface area is 122 Å². The van der Waals surface area contributed by atoms with Crippen LogP contribution >= 0.6 is 11.8 Å². The van der Waals surface area contributed by atoms with Crippen LogP contribution in [0.5, 0.6) is 5.75 Å². The van der Waals surface area contributed by atoms with Gasteiger partial charge in [-0.2, -0.15) is 0 Å². The Morgan fingerprint density at radius 1 is 1.40 bits per heavy atom. The number of thioether (sulfide) groups is 1. The van der Waals surface area contributed by atoms with E-state index >= 15 is 0 Å². The molecule has 2 aliphatic heterocycles. The summed E-state index contributed by atoms with van der Waals surface area (Å²) in [5.74, 6) is 1.12. The predicted molar refractivity (Wildman–Crippen MR) is 80.1 cm³/mol. The van der Waals surface area contributed by atoms with Crippen molar-refractivity contribution in [1.29, 1.82) is 5.41 Å². The van der Waals surface area contributed by atoms with Crippen LogP contribution < -0.4 is 4.74 Å². The lowest BCUT2D eigenvalue weighted by Gasteiger charge is -2.24. The van der Waals surface area contributed by atoms with E-state index in [-0.39, 0.29) is 22.8 Å². The molecule has 5 nitrogen and oxygen atoms in total. The average molecular weight is 312 g/mol. The smallest absolute Gasteiger partial charge is 0.157 e. The molecule has 0 radical (unpaired) electrons. The lowest BCUT2D eigenvalue weighted by Crippen LogP contribution is -2.36. The number of hydrogen-bond acceptors (Lipinski definition) is 5. The van der Waals surface area contributed by atoms with Gasteiger partial charge in [0.2, 0.25) is 0 Å². The number of nitrogens with one attached hydrogen (secondary N) is 1. The summed E-state index contributed by atoms with van der Waals surface area (Å²) in [7, 11) is -1.34. The lowest BCUT2D eigenvalue weighted by atomic mass is 10.1. The number of benzene rings is 1. The molecule has 2 atom stereocenters. The number of fused-ring (bicyclic) bond motifs is 1. The van der Waals surface area contributed by atoms with E-state index in [1.165, 1.54) is 11.8 Å². The molecular formula is C13H16N2O3S2. The highest BCUT2D eigenvalue weighted by Crippen LogP contribution is 2.38. The first kappa shape index (κ1) is 13.8. The van der Waals surface area contributed by atoms with E-state index in [4.69, 9.17) is 10.1 Å². The first-order valence-corrected chi connectivity index (χ1v) is 9.04. The van der Waals surface area contributed by atoms with Crippen LogP contribution in [0.3, 0.4) is 0 Å². The van der Waals surface area contributed by atoms with E-state index in [1.54, 1.807) is 7.11 Å². The van der Waals surface area contributed by atoms with E-state index in [2.05, 4.69) is 0 Å². The Kier molecular flexibility index (Phi) is 3.41. The van der Waals surface area contributed by atoms with Crippen molar-refractivity contribution in [1.82, 2.24) is 4.90 Å². The monoisotopic (exact) mass is 312 g/mol. The molecule has 1 aromatic rings. The molecule has 20 heavy (non-hydrogen) atoms. The largest absolute Gasteiger partial charge is 0.496 e. The lowest BCUT2D eigenvalue weighted by molar-refractivity contribution is 0.337. The third-order valence-corrected chi connectivity index (χ3v) is 6.90. The summed E-state index contributed by atoms with van der Waals surface area (Å²) in [6.07, 6.45) is 0. The van der Waals surface area contributed by atoms with Gasteiger partial charge in [-0.3, -0.25) is 5.41 Å². The molecule has 0 aromatic heterocycles. The molecule has 0 aliphatic carbocycles. The van der Waals surface area contributed by atoms with Gasteiger partial charge in [0.05, 0.1) is 24.7 Å². The molecule has 2 saturated heterocycles. The number of para-hydroxylation sites is 1. The molecule has 0 unspecified atom stereocenters. The maximum atomic E-state index is 11.7. The fraction of sp³-hybridized carbons (Fsp3) is 0.462. The van der Waals surface area contributed by atoms with E-state index in [1.807, 2.05) is 29.2 Å². The number of methoxy groups -OCH3 is 1. The van der Waals surface area contributed by atoms with Crippen LogP contribution in [-0.2, 0) is 16.4 Å². The van der Waals surface area contributed by atoms with Gasteiger partial charge >= 0.3 is 0 Å². The Morgan fingerprint density at radius 2 is 2.15 bits per heavy atom. The highest BCUT2D eigenvalue weighted by molar-refractivity contribution is 8.15. The van der Waals surface area contributed by atoms with Crippen molar-refractivity contribution in [2.45, 2.75) is 17.8 Å². The number of ether oxygens (including phenoxy) is 1. The van der Waals surface area contributed by atoms with Crippen molar-refractivity contribution in [2.75, 3.05) is 18.6 Å². The Hall–Kier alpha value is -1.21. The first-order chi connectivity index (χ1) is 9.50. The third-order valence-electron chi connectivity index (χ3n) is 3.73. The van der Waals surface area contributed by atoms with Gasteiger partial charge in [0.25, 0.3) is 0 Å². The summed E-state index contributed by atoms with van der Waals surface area (Å²) in [4.78, 5) is 1.89. The molecule has 2 fully saturated rings. The van der Waals surface area contributed by atoms with Crippen LogP contribution in [0.2, 0.25) is 0 Å². The Balaban J connectivity index is 1.85. The van der Waals surface area contributed by atoms with E-state index < -0.39 is 9.84 Å². The predicted octanol–water partition coefficient (Wildman–Crippen LogP) is 1.34. The highest BCUT2D eigenvalue weighted by atomic mass is 32.2. The maximum Gasteiger partial charge on any atom is 0.157 e. The van der Waals surface area contributed by atoms with Crippen molar-refractivity contribution >= 4 is 26.8 Å². The molecule has 1 aromatic carbocycles. The van der Waals surface area contributed by atoms with Gasteiger partial charge in [0, 0.05) is 17.4 Å². The molecule has 0 amide bonds. The minimum absolute atomic E-state index is 0.00204. The average Bonchev–Trinajstić information content (AvgIpc) is 2.83. The number of hydrogen-bond donors (Lipinski definition) is 1. The number of amidine groups is 1. The SMILES string of the molecule is COc1ccccc1CN1C(=N)S[C@@H]2CS(=O)(=O)C[C@H]21. The minimum atomic E-state index is -2.96. The minimum Gasteiger partial charge on any atom is -0.496 e. The second kappa shape index (κ2) is 4.96. The molecule has 108 valence electrons. The Morgan fingerprint density at radius 3 is 2.90 bits per heavy atom. The Bertz CT molecular complexity index is 645. The maximum absolute atomic E-state index is 11.7. The standard InChI is InChI=1S/C13H16N2O3S2/c1-18-11-5-3-2-4-9(11)6-15-10-7-20(16,17)8-12(10)19-13(15)14/h2-5,10,12,14H,6-8H2,1H3/t10-,12-/m1/s1. The van der Waals surface area contributed by atoms with Crippen molar-refractivity contribution in [3.63, 3.8) is 0 Å². The summed E-state index contributed by atoms with van der Waals surface area (Å²) in [5.41, 5.74) is 0.977. The molecule has 7 heteroatoms. The zero-order chi connectivity index (χ0) is 14.3. The molecule has 2 aliphatic rings. The fourth-order valence-corrected chi connectivity index (χ4v) is 6.60. The van der Waals surface area contributed by atoms with Crippen LogP contribution in [0.15, 0.2) is 24.3 Å². The van der Waals surface area contributed by atoms with Crippen LogP contribution in [-0.4, -0.2) is 48.4 Å². The number of nitrogens with zero attached hydrogens (tertiary/aromatic N) is 1. The third kappa shape index (κ3) is 2.40. The molecule has 2 heterocycles. The number of sulfone groups is 1. The first-order valence-electron chi connectivity index (χ1n) is 6.34. The second-order valence-corrected chi connectivity index (χ2v) is 8.43. The molecule has 3 rings (SSSR count). The van der Waals surface area contributed by atoms with E-state index in [0.717, 1.165) is 11.3 Å². The summed E-state index contributed by atoms with van der Waals surface area (Å²) in [6.45, 7) is 0.520. The van der Waals surface area contributed by atoms with Crippen LogP contribution in [0.25, 0.3) is 0 Å². The van der Waals surface area contributed by atoms with Crippen molar-refractivity contribution in [3.05, 3.63) is 29.8 Å². The molecule has 0 bridgehead atoms. The van der Waals surface area contributed by atoms with Gasteiger partial charge < -0.3 is 9.64 Å². The number of rotatable bonds is 3. The summed E-state index contributed by atoms with van der Waals surface area (Å²) in [6, 6.07) is 7.57. The zero-order valence-corrected chi connectivity index (χ0v) is 12.7. The van der Waals surface area contributed by atoms with Crippen molar-refractivity contribution in [3.8, 4) is 5.75 Å². The topological polar surface area (TPSA) is 70.5 Å². The summed E-state index contributed by atoms with van der Waals surface area (Å²) in [5, 5.41) is 8.52. The van der Waals surface area contributed by atoms with Gasteiger partial charge in [-0.1, -0.05) is 30.0 Å². The zero-order valence-electron chi connectivity index (χ0n) is 11.1. The van der Waals surface area contributed by atoms with Crippen molar-refractivity contribution < 1.29 is 13.2 Å². The summed E-state index contributed by atoms with van der Waals surface area (Å²) < 4.78 is 28.8. The van der Waals surface area contributed by atoms with Crippen LogP contribution in [0.1, 0.15) is 5.56 Å². The van der Waals surface area contributed by atoms with Gasteiger partial charge in [0.15, 0.2) is 15.0 Å². The fourth-order valence-electron chi connectivity index (χ4n) is 2.77.